The van der Waals surface area contributed by atoms with E-state index in [2.05, 4.69) is 69.4 Å². The van der Waals surface area contributed by atoms with E-state index in [-0.39, 0.29) is 0 Å². The van der Waals surface area contributed by atoms with E-state index in [1.54, 1.807) is 7.11 Å². The number of hydrogen-bond donors (Lipinski definition) is 1. The van der Waals surface area contributed by atoms with Crippen LogP contribution in [0.2, 0.25) is 0 Å². The zero-order valence-corrected chi connectivity index (χ0v) is 17.8. The molecule has 0 amide bonds. The van der Waals surface area contributed by atoms with Crippen molar-refractivity contribution in [3.05, 3.63) is 64.1 Å². The minimum atomic E-state index is 0.737. The first-order valence-corrected chi connectivity index (χ1v) is 10.8. The van der Waals surface area contributed by atoms with Gasteiger partial charge in [-0.1, -0.05) is 40.2 Å². The van der Waals surface area contributed by atoms with Crippen molar-refractivity contribution in [2.75, 3.05) is 20.2 Å². The lowest BCUT2D eigenvalue weighted by atomic mass is 9.82. The Labute approximate surface area is 172 Å². The number of hydrogen-bond acceptors (Lipinski definition) is 3. The summed E-state index contributed by atoms with van der Waals surface area (Å²) in [6.07, 6.45) is 5.18. The molecule has 3 rings (SSSR count). The van der Waals surface area contributed by atoms with Gasteiger partial charge in [0, 0.05) is 24.1 Å². The molecule has 2 aromatic rings. The Morgan fingerprint density at radius 2 is 1.63 bits per heavy atom. The van der Waals surface area contributed by atoms with Crippen LogP contribution in [0.3, 0.4) is 0 Å². The smallest absolute Gasteiger partial charge is 0.118 e. The van der Waals surface area contributed by atoms with Gasteiger partial charge in [0.1, 0.15) is 5.75 Å². The van der Waals surface area contributed by atoms with Crippen molar-refractivity contribution in [3.8, 4) is 5.75 Å². The Kier molecular flexibility index (Phi) is 7.74. The first-order chi connectivity index (χ1) is 13.2. The Bertz CT molecular complexity index is 696. The summed E-state index contributed by atoms with van der Waals surface area (Å²) in [7, 11) is 1.71. The summed E-state index contributed by atoms with van der Waals surface area (Å²) >= 11 is 3.60. The number of halogens is 1. The maximum absolute atomic E-state index is 5.87. The SMILES string of the molecule is COc1ccc(CN(Cc2cccc(Br)c2)CC2CCC(CN)CC2)cc1. The van der Waals surface area contributed by atoms with Crippen molar-refractivity contribution in [1.29, 1.82) is 0 Å². The Hall–Kier alpha value is -1.36. The van der Waals surface area contributed by atoms with Gasteiger partial charge in [0.15, 0.2) is 0 Å². The van der Waals surface area contributed by atoms with Gasteiger partial charge < -0.3 is 10.5 Å². The second kappa shape index (κ2) is 10.3. The molecule has 0 aliphatic heterocycles. The molecular weight excluding hydrogens is 400 g/mol. The molecule has 0 radical (unpaired) electrons. The normalized spacial score (nSPS) is 20.0. The van der Waals surface area contributed by atoms with Crippen molar-refractivity contribution in [2.24, 2.45) is 17.6 Å². The molecule has 146 valence electrons. The molecule has 0 atom stereocenters. The van der Waals surface area contributed by atoms with Gasteiger partial charge in [0.2, 0.25) is 0 Å². The largest absolute Gasteiger partial charge is 0.497 e. The summed E-state index contributed by atoms with van der Waals surface area (Å²) in [5.74, 6) is 2.43. The van der Waals surface area contributed by atoms with Crippen LogP contribution in [0, 0.1) is 11.8 Å². The number of nitrogens with two attached hydrogens (primary N) is 1. The minimum Gasteiger partial charge on any atom is -0.497 e. The van der Waals surface area contributed by atoms with E-state index in [9.17, 15) is 0 Å². The average molecular weight is 431 g/mol. The van der Waals surface area contributed by atoms with E-state index in [0.717, 1.165) is 48.2 Å². The molecule has 0 saturated heterocycles. The van der Waals surface area contributed by atoms with Crippen LogP contribution in [-0.4, -0.2) is 25.1 Å². The summed E-state index contributed by atoms with van der Waals surface area (Å²) < 4.78 is 6.44. The zero-order chi connectivity index (χ0) is 19.1. The topological polar surface area (TPSA) is 38.5 Å². The Morgan fingerprint density at radius 3 is 2.26 bits per heavy atom. The fraction of sp³-hybridized carbons (Fsp3) is 0.478. The van der Waals surface area contributed by atoms with Crippen molar-refractivity contribution in [2.45, 2.75) is 38.8 Å². The van der Waals surface area contributed by atoms with Crippen LogP contribution in [0.15, 0.2) is 53.0 Å². The van der Waals surface area contributed by atoms with Crippen LogP contribution >= 0.6 is 15.9 Å². The summed E-state index contributed by atoms with van der Waals surface area (Å²) in [6, 6.07) is 17.1. The van der Waals surface area contributed by atoms with E-state index < -0.39 is 0 Å². The first kappa shape index (κ1) is 20.4. The average Bonchev–Trinajstić information content (AvgIpc) is 2.69. The standard InChI is InChI=1S/C23H31BrN2O/c1-27-23-11-9-20(10-12-23)16-26(17-21-3-2-4-22(24)13-21)15-19-7-5-18(14-25)6-8-19/h2-4,9-13,18-19H,5-8,14-17,25H2,1H3. The molecule has 0 unspecified atom stereocenters. The van der Waals surface area contributed by atoms with E-state index in [1.165, 1.54) is 36.8 Å². The molecule has 0 bridgehead atoms. The number of methoxy groups -OCH3 is 1. The molecule has 1 aliphatic carbocycles. The second-order valence-corrected chi connectivity index (χ2v) is 8.69. The van der Waals surface area contributed by atoms with Crippen LogP contribution in [0.1, 0.15) is 36.8 Å². The fourth-order valence-electron chi connectivity index (χ4n) is 4.08. The molecule has 0 aromatic heterocycles. The monoisotopic (exact) mass is 430 g/mol. The van der Waals surface area contributed by atoms with Gasteiger partial charge in [-0.2, -0.15) is 0 Å². The van der Waals surface area contributed by atoms with E-state index in [4.69, 9.17) is 10.5 Å². The quantitative estimate of drug-likeness (QED) is 0.623. The maximum Gasteiger partial charge on any atom is 0.118 e. The predicted octanol–water partition coefficient (Wildman–Crippen LogP) is 5.23. The van der Waals surface area contributed by atoms with Gasteiger partial charge in [0.05, 0.1) is 7.11 Å². The van der Waals surface area contributed by atoms with Gasteiger partial charge in [-0.25, -0.2) is 0 Å². The number of ether oxygens (including phenoxy) is 1. The third kappa shape index (κ3) is 6.34. The molecule has 2 aromatic carbocycles. The molecule has 1 aliphatic rings. The van der Waals surface area contributed by atoms with Crippen molar-refractivity contribution in [3.63, 3.8) is 0 Å². The van der Waals surface area contributed by atoms with Gasteiger partial charge in [0.25, 0.3) is 0 Å². The lowest BCUT2D eigenvalue weighted by Crippen LogP contribution is -2.32. The van der Waals surface area contributed by atoms with Crippen molar-refractivity contribution in [1.82, 2.24) is 4.90 Å². The van der Waals surface area contributed by atoms with E-state index in [0.29, 0.717) is 0 Å². The van der Waals surface area contributed by atoms with Crippen LogP contribution in [0.5, 0.6) is 5.75 Å². The predicted molar refractivity (Wildman–Crippen MR) is 116 cm³/mol. The van der Waals surface area contributed by atoms with Gasteiger partial charge in [-0.15, -0.1) is 0 Å². The molecule has 1 fully saturated rings. The fourth-order valence-corrected chi connectivity index (χ4v) is 4.53. The highest BCUT2D eigenvalue weighted by molar-refractivity contribution is 9.10. The van der Waals surface area contributed by atoms with Crippen LogP contribution in [-0.2, 0) is 13.1 Å². The molecule has 3 nitrogen and oxygen atoms in total. The lowest BCUT2D eigenvalue weighted by Gasteiger charge is -2.32. The molecule has 0 spiro atoms. The number of benzene rings is 2. The van der Waals surface area contributed by atoms with E-state index >= 15 is 0 Å². The van der Waals surface area contributed by atoms with Crippen LogP contribution in [0.25, 0.3) is 0 Å². The Balaban J connectivity index is 1.67. The summed E-state index contributed by atoms with van der Waals surface area (Å²) in [5, 5.41) is 0. The van der Waals surface area contributed by atoms with Gasteiger partial charge >= 0.3 is 0 Å². The molecule has 2 N–H and O–H groups in total. The third-order valence-corrected chi connectivity index (χ3v) is 6.17. The maximum atomic E-state index is 5.87. The van der Waals surface area contributed by atoms with Crippen molar-refractivity contribution < 1.29 is 4.74 Å². The lowest BCUT2D eigenvalue weighted by molar-refractivity contribution is 0.170. The first-order valence-electron chi connectivity index (χ1n) is 9.96. The number of nitrogens with zero attached hydrogens (tertiary/aromatic N) is 1. The number of rotatable bonds is 8. The van der Waals surface area contributed by atoms with Gasteiger partial charge in [-0.05, 0) is 79.5 Å². The van der Waals surface area contributed by atoms with E-state index in [1.807, 2.05) is 0 Å². The summed E-state index contributed by atoms with van der Waals surface area (Å²) in [5.41, 5.74) is 8.56. The minimum absolute atomic E-state index is 0.737. The molecular formula is C23H31BrN2O. The Morgan fingerprint density at radius 1 is 0.963 bits per heavy atom. The summed E-state index contributed by atoms with van der Waals surface area (Å²) in [4.78, 5) is 2.59. The van der Waals surface area contributed by atoms with Crippen molar-refractivity contribution >= 4 is 15.9 Å². The molecule has 0 heterocycles. The molecule has 27 heavy (non-hydrogen) atoms. The van der Waals surface area contributed by atoms with Crippen LogP contribution < -0.4 is 10.5 Å². The summed E-state index contributed by atoms with van der Waals surface area (Å²) in [6.45, 7) is 3.94. The molecule has 1 saturated carbocycles. The molecule has 4 heteroatoms. The zero-order valence-electron chi connectivity index (χ0n) is 16.2. The van der Waals surface area contributed by atoms with Crippen LogP contribution in [0.4, 0.5) is 0 Å². The van der Waals surface area contributed by atoms with Gasteiger partial charge in [-0.3, -0.25) is 4.90 Å². The highest BCUT2D eigenvalue weighted by atomic mass is 79.9. The third-order valence-electron chi connectivity index (χ3n) is 5.68. The highest BCUT2D eigenvalue weighted by Gasteiger charge is 2.22. The second-order valence-electron chi connectivity index (χ2n) is 7.77. The highest BCUT2D eigenvalue weighted by Crippen LogP contribution is 2.29.